The number of hydrogen-bond donors (Lipinski definition) is 2. The predicted octanol–water partition coefficient (Wildman–Crippen LogP) is 3.26. The standard InChI is InChI=1S/C19H21ClN2O4/c1-13(2)26-17-6-4-3-5-16(17)22-18(23)11-21-19(24)12-25-15-9-7-14(20)8-10-15/h3-10,13H,11-12H2,1-2H3,(H,21,24)(H,22,23). The highest BCUT2D eigenvalue weighted by molar-refractivity contribution is 6.30. The van der Waals surface area contributed by atoms with Crippen molar-refractivity contribution in [2.75, 3.05) is 18.5 Å². The van der Waals surface area contributed by atoms with Gasteiger partial charge >= 0.3 is 0 Å². The Morgan fingerprint density at radius 1 is 1.04 bits per heavy atom. The molecule has 2 aromatic carbocycles. The van der Waals surface area contributed by atoms with E-state index in [0.717, 1.165) is 0 Å². The molecule has 7 heteroatoms. The van der Waals surface area contributed by atoms with Crippen LogP contribution in [0.1, 0.15) is 13.8 Å². The van der Waals surface area contributed by atoms with Gasteiger partial charge in [0, 0.05) is 5.02 Å². The van der Waals surface area contributed by atoms with Crippen LogP contribution in [-0.2, 0) is 9.59 Å². The maximum Gasteiger partial charge on any atom is 0.258 e. The smallest absolute Gasteiger partial charge is 0.258 e. The number of para-hydroxylation sites is 2. The van der Waals surface area contributed by atoms with E-state index in [0.29, 0.717) is 22.2 Å². The van der Waals surface area contributed by atoms with Crippen molar-refractivity contribution in [2.45, 2.75) is 20.0 Å². The molecule has 2 rings (SSSR count). The van der Waals surface area contributed by atoms with E-state index in [1.165, 1.54) is 0 Å². The summed E-state index contributed by atoms with van der Waals surface area (Å²) in [7, 11) is 0. The van der Waals surface area contributed by atoms with Crippen molar-refractivity contribution in [3.8, 4) is 11.5 Å². The van der Waals surface area contributed by atoms with Crippen LogP contribution in [0.15, 0.2) is 48.5 Å². The van der Waals surface area contributed by atoms with Crippen molar-refractivity contribution in [2.24, 2.45) is 0 Å². The highest BCUT2D eigenvalue weighted by atomic mass is 35.5. The second kappa shape index (κ2) is 9.68. The van der Waals surface area contributed by atoms with E-state index in [4.69, 9.17) is 21.1 Å². The molecule has 2 aromatic rings. The molecule has 0 saturated carbocycles. The largest absolute Gasteiger partial charge is 0.489 e. The summed E-state index contributed by atoms with van der Waals surface area (Å²) in [5.74, 6) is 0.341. The van der Waals surface area contributed by atoms with Gasteiger partial charge < -0.3 is 20.1 Å². The average molecular weight is 377 g/mol. The molecule has 0 bridgehead atoms. The van der Waals surface area contributed by atoms with Crippen molar-refractivity contribution in [3.05, 3.63) is 53.6 Å². The Morgan fingerprint density at radius 2 is 1.73 bits per heavy atom. The van der Waals surface area contributed by atoms with Crippen molar-refractivity contribution in [1.82, 2.24) is 5.32 Å². The van der Waals surface area contributed by atoms with Crippen LogP contribution in [0.4, 0.5) is 5.69 Å². The third kappa shape index (κ3) is 6.64. The Bertz CT molecular complexity index is 747. The molecule has 0 aromatic heterocycles. The first-order valence-corrected chi connectivity index (χ1v) is 8.52. The number of ether oxygens (including phenoxy) is 2. The quantitative estimate of drug-likeness (QED) is 0.741. The van der Waals surface area contributed by atoms with E-state index in [1.807, 2.05) is 19.9 Å². The summed E-state index contributed by atoms with van der Waals surface area (Å²) in [6, 6.07) is 13.8. The fourth-order valence-corrected chi connectivity index (χ4v) is 2.16. The minimum absolute atomic E-state index is 0.0160. The van der Waals surface area contributed by atoms with E-state index in [2.05, 4.69) is 10.6 Å². The molecule has 2 amide bonds. The lowest BCUT2D eigenvalue weighted by molar-refractivity contribution is -0.125. The molecule has 0 spiro atoms. The van der Waals surface area contributed by atoms with Gasteiger partial charge in [-0.15, -0.1) is 0 Å². The number of anilines is 1. The zero-order chi connectivity index (χ0) is 18.9. The molecule has 0 saturated heterocycles. The Kier molecular flexibility index (Phi) is 7.29. The van der Waals surface area contributed by atoms with Gasteiger partial charge in [-0.1, -0.05) is 23.7 Å². The summed E-state index contributed by atoms with van der Waals surface area (Å²) >= 11 is 5.78. The molecule has 0 atom stereocenters. The van der Waals surface area contributed by atoms with Gasteiger partial charge in [0.25, 0.3) is 5.91 Å². The van der Waals surface area contributed by atoms with Crippen LogP contribution in [0.3, 0.4) is 0 Å². The van der Waals surface area contributed by atoms with Crippen molar-refractivity contribution < 1.29 is 19.1 Å². The summed E-state index contributed by atoms with van der Waals surface area (Å²) in [6.07, 6.45) is -0.0160. The number of amides is 2. The predicted molar refractivity (Wildman–Crippen MR) is 101 cm³/mol. The molecule has 0 aliphatic rings. The number of nitrogens with one attached hydrogen (secondary N) is 2. The summed E-state index contributed by atoms with van der Waals surface area (Å²) < 4.78 is 11.0. The van der Waals surface area contributed by atoms with E-state index >= 15 is 0 Å². The number of halogens is 1. The lowest BCUT2D eigenvalue weighted by Gasteiger charge is -2.15. The zero-order valence-electron chi connectivity index (χ0n) is 14.6. The summed E-state index contributed by atoms with van der Waals surface area (Å²) in [5, 5.41) is 5.80. The van der Waals surface area contributed by atoms with Gasteiger partial charge in [0.2, 0.25) is 5.91 Å². The fraction of sp³-hybridized carbons (Fsp3) is 0.263. The third-order valence-corrected chi connectivity index (χ3v) is 3.41. The first-order valence-electron chi connectivity index (χ1n) is 8.14. The molecule has 26 heavy (non-hydrogen) atoms. The highest BCUT2D eigenvalue weighted by Crippen LogP contribution is 2.24. The highest BCUT2D eigenvalue weighted by Gasteiger charge is 2.10. The summed E-state index contributed by atoms with van der Waals surface area (Å²) in [4.78, 5) is 23.8. The molecule has 0 heterocycles. The fourth-order valence-electron chi connectivity index (χ4n) is 2.03. The Hall–Kier alpha value is -2.73. The van der Waals surface area contributed by atoms with Gasteiger partial charge in [-0.25, -0.2) is 0 Å². The zero-order valence-corrected chi connectivity index (χ0v) is 15.4. The van der Waals surface area contributed by atoms with Crippen molar-refractivity contribution in [3.63, 3.8) is 0 Å². The maximum absolute atomic E-state index is 12.0. The van der Waals surface area contributed by atoms with E-state index in [-0.39, 0.29) is 25.2 Å². The summed E-state index contributed by atoms with van der Waals surface area (Å²) in [5.41, 5.74) is 0.554. The van der Waals surface area contributed by atoms with Crippen LogP contribution in [0.25, 0.3) is 0 Å². The normalized spacial score (nSPS) is 10.3. The SMILES string of the molecule is CC(C)Oc1ccccc1NC(=O)CNC(=O)COc1ccc(Cl)cc1. The van der Waals surface area contributed by atoms with Gasteiger partial charge in [0.15, 0.2) is 6.61 Å². The molecule has 0 fully saturated rings. The monoisotopic (exact) mass is 376 g/mol. The maximum atomic E-state index is 12.0. The van der Waals surface area contributed by atoms with Gasteiger partial charge in [-0.05, 0) is 50.2 Å². The first-order chi connectivity index (χ1) is 12.4. The van der Waals surface area contributed by atoms with Crippen molar-refractivity contribution in [1.29, 1.82) is 0 Å². The minimum atomic E-state index is -0.401. The van der Waals surface area contributed by atoms with E-state index in [9.17, 15) is 9.59 Å². The van der Waals surface area contributed by atoms with Crippen LogP contribution >= 0.6 is 11.6 Å². The second-order valence-corrected chi connectivity index (χ2v) is 6.17. The Labute approximate surface area is 157 Å². The molecular formula is C19H21ClN2O4. The molecule has 2 N–H and O–H groups in total. The third-order valence-electron chi connectivity index (χ3n) is 3.15. The van der Waals surface area contributed by atoms with Gasteiger partial charge in [-0.3, -0.25) is 9.59 Å². The van der Waals surface area contributed by atoms with E-state index < -0.39 is 5.91 Å². The topological polar surface area (TPSA) is 76.7 Å². The molecule has 6 nitrogen and oxygen atoms in total. The number of rotatable bonds is 8. The molecule has 138 valence electrons. The Balaban J connectivity index is 1.78. The lowest BCUT2D eigenvalue weighted by atomic mass is 10.3. The van der Waals surface area contributed by atoms with Crippen LogP contribution in [-0.4, -0.2) is 31.1 Å². The van der Waals surface area contributed by atoms with Crippen LogP contribution < -0.4 is 20.1 Å². The lowest BCUT2D eigenvalue weighted by Crippen LogP contribution is -2.35. The molecule has 0 aliphatic heterocycles. The minimum Gasteiger partial charge on any atom is -0.489 e. The Morgan fingerprint density at radius 3 is 2.42 bits per heavy atom. The van der Waals surface area contributed by atoms with Crippen LogP contribution in [0.2, 0.25) is 5.02 Å². The average Bonchev–Trinajstić information content (AvgIpc) is 2.61. The number of benzene rings is 2. The second-order valence-electron chi connectivity index (χ2n) is 5.73. The number of carbonyl (C=O) groups excluding carboxylic acids is 2. The first kappa shape index (κ1) is 19.6. The summed E-state index contributed by atoms with van der Waals surface area (Å²) in [6.45, 7) is 3.44. The van der Waals surface area contributed by atoms with Crippen molar-refractivity contribution >= 4 is 29.1 Å². The number of carbonyl (C=O) groups is 2. The van der Waals surface area contributed by atoms with E-state index in [1.54, 1.807) is 42.5 Å². The number of hydrogen-bond acceptors (Lipinski definition) is 4. The van der Waals surface area contributed by atoms with Gasteiger partial charge in [0.05, 0.1) is 18.3 Å². The molecule has 0 aliphatic carbocycles. The van der Waals surface area contributed by atoms with Crippen LogP contribution in [0, 0.1) is 0 Å². The molecule has 0 radical (unpaired) electrons. The van der Waals surface area contributed by atoms with Gasteiger partial charge in [0.1, 0.15) is 11.5 Å². The van der Waals surface area contributed by atoms with Gasteiger partial charge in [-0.2, -0.15) is 0 Å². The van der Waals surface area contributed by atoms with Crippen LogP contribution in [0.5, 0.6) is 11.5 Å². The molecular weight excluding hydrogens is 356 g/mol. The molecule has 0 unspecified atom stereocenters.